The lowest BCUT2D eigenvalue weighted by molar-refractivity contribution is -0.144. The zero-order valence-electron chi connectivity index (χ0n) is 16.4. The topological polar surface area (TPSA) is 61.4 Å². The molecule has 2 N–H and O–H groups in total. The van der Waals surface area contributed by atoms with Crippen LogP contribution in [0.15, 0.2) is 30.3 Å². The van der Waals surface area contributed by atoms with E-state index in [-0.39, 0.29) is 39.6 Å². The van der Waals surface area contributed by atoms with E-state index in [9.17, 15) is 9.59 Å². The second kappa shape index (κ2) is 5.77. The third kappa shape index (κ3) is 2.13. The quantitative estimate of drug-likeness (QED) is 0.603. The van der Waals surface area contributed by atoms with Crippen LogP contribution in [0.1, 0.15) is 34.6 Å². The zero-order valence-corrected chi connectivity index (χ0v) is 17.3. The fourth-order valence-electron chi connectivity index (χ4n) is 6.46. The van der Waals surface area contributed by atoms with E-state index in [1.54, 1.807) is 0 Å². The van der Waals surface area contributed by atoms with Crippen molar-refractivity contribution in [3.63, 3.8) is 0 Å². The van der Waals surface area contributed by atoms with E-state index in [0.29, 0.717) is 17.8 Å². The molecule has 4 rings (SSSR count). The Labute approximate surface area is 165 Å². The molecule has 2 bridgehead atoms. The number of imide groups is 1. The molecule has 6 heteroatoms. The molecule has 1 heterocycles. The van der Waals surface area contributed by atoms with Gasteiger partial charge in [-0.05, 0) is 52.9 Å². The first-order valence-corrected chi connectivity index (χ1v) is 10.1. The first-order chi connectivity index (χ1) is 12.6. The largest absolute Gasteiger partial charge is 0.331 e. The van der Waals surface area contributed by atoms with Crippen LogP contribution in [0.25, 0.3) is 0 Å². The summed E-state index contributed by atoms with van der Waals surface area (Å²) in [6.45, 7) is 11.1. The highest BCUT2D eigenvalue weighted by atomic mass is 32.1. The predicted molar refractivity (Wildman–Crippen MR) is 108 cm³/mol. The highest BCUT2D eigenvalue weighted by Gasteiger charge is 2.78. The standard InChI is InChI=1S/C21H27N3O2S/c1-11-12(2)21(5)13(3)20(11,4)15-16(21)18(26)24(17(15)25)23-19(27)22-14-9-7-6-8-10-14/h6-13,15-16H,1-5H3,(H2,22,23,27)/t11?,12?,13?,15-,16+,20-,21+. The maximum absolute atomic E-state index is 13.3. The van der Waals surface area contributed by atoms with Gasteiger partial charge in [0.15, 0.2) is 5.11 Å². The summed E-state index contributed by atoms with van der Waals surface area (Å²) in [5.41, 5.74) is 3.33. The summed E-state index contributed by atoms with van der Waals surface area (Å²) >= 11 is 5.34. The Kier molecular flexibility index (Phi) is 3.94. The van der Waals surface area contributed by atoms with Crippen LogP contribution in [0.5, 0.6) is 0 Å². The fourth-order valence-corrected chi connectivity index (χ4v) is 6.66. The summed E-state index contributed by atoms with van der Waals surface area (Å²) in [4.78, 5) is 26.6. The number of hydrogen-bond acceptors (Lipinski definition) is 3. The maximum atomic E-state index is 13.3. The van der Waals surface area contributed by atoms with Gasteiger partial charge in [0, 0.05) is 5.69 Å². The van der Waals surface area contributed by atoms with Crippen LogP contribution in [0, 0.1) is 40.4 Å². The molecule has 0 spiro atoms. The fraction of sp³-hybridized carbons (Fsp3) is 0.571. The molecule has 0 radical (unpaired) electrons. The predicted octanol–water partition coefficient (Wildman–Crippen LogP) is 3.44. The molecule has 1 aliphatic heterocycles. The van der Waals surface area contributed by atoms with Crippen LogP contribution in [0.3, 0.4) is 0 Å². The van der Waals surface area contributed by atoms with Gasteiger partial charge in [-0.2, -0.15) is 5.01 Å². The molecule has 1 aromatic carbocycles. The number of nitrogens with zero attached hydrogens (tertiary/aromatic N) is 1. The number of hydrogen-bond donors (Lipinski definition) is 2. The molecule has 3 fully saturated rings. The van der Waals surface area contributed by atoms with Gasteiger partial charge in [0.2, 0.25) is 0 Å². The van der Waals surface area contributed by atoms with Crippen molar-refractivity contribution < 1.29 is 9.59 Å². The lowest BCUT2D eigenvalue weighted by Crippen LogP contribution is -2.50. The molecule has 1 saturated heterocycles. The number of nitrogens with one attached hydrogen (secondary N) is 2. The van der Waals surface area contributed by atoms with E-state index in [4.69, 9.17) is 12.2 Å². The molecular weight excluding hydrogens is 358 g/mol. The molecular formula is C21H27N3O2S. The van der Waals surface area contributed by atoms with Crippen molar-refractivity contribution in [2.75, 3.05) is 5.32 Å². The minimum absolute atomic E-state index is 0.140. The maximum Gasteiger partial charge on any atom is 0.252 e. The first kappa shape index (κ1) is 18.4. The minimum Gasteiger partial charge on any atom is -0.331 e. The van der Waals surface area contributed by atoms with E-state index in [1.807, 2.05) is 30.3 Å². The summed E-state index contributed by atoms with van der Waals surface area (Å²) in [7, 11) is 0. The second-order valence-corrected chi connectivity index (χ2v) is 9.34. The molecule has 2 amide bonds. The van der Waals surface area contributed by atoms with Crippen LogP contribution < -0.4 is 10.7 Å². The van der Waals surface area contributed by atoms with Crippen LogP contribution in [-0.4, -0.2) is 21.9 Å². The van der Waals surface area contributed by atoms with E-state index in [1.165, 1.54) is 5.01 Å². The number of benzene rings is 1. The number of para-hydroxylation sites is 1. The van der Waals surface area contributed by atoms with Crippen molar-refractivity contribution in [2.45, 2.75) is 34.6 Å². The van der Waals surface area contributed by atoms with Crippen LogP contribution >= 0.6 is 12.2 Å². The molecule has 7 atom stereocenters. The summed E-state index contributed by atoms with van der Waals surface area (Å²) in [6.07, 6.45) is 0. The van der Waals surface area contributed by atoms with E-state index in [2.05, 4.69) is 45.4 Å². The van der Waals surface area contributed by atoms with Crippen molar-refractivity contribution in [2.24, 2.45) is 40.4 Å². The Balaban J connectivity index is 1.60. The SMILES string of the molecule is CC1C(C)[C@]2(C)C(C)[C@@]1(C)[C@@H]1C(=O)N(NC(=S)Nc3ccccc3)C(=O)[C@@H]12. The molecule has 0 aromatic heterocycles. The Hall–Kier alpha value is -1.95. The van der Waals surface area contributed by atoms with E-state index in [0.717, 1.165) is 5.69 Å². The van der Waals surface area contributed by atoms with Gasteiger partial charge in [-0.1, -0.05) is 52.8 Å². The molecule has 3 aliphatic rings. The number of carbonyl (C=O) groups excluding carboxylic acids is 2. The molecule has 5 nitrogen and oxygen atoms in total. The van der Waals surface area contributed by atoms with Crippen molar-refractivity contribution in [3.05, 3.63) is 30.3 Å². The van der Waals surface area contributed by atoms with Gasteiger partial charge in [-0.15, -0.1) is 0 Å². The van der Waals surface area contributed by atoms with Gasteiger partial charge < -0.3 is 5.32 Å². The van der Waals surface area contributed by atoms with Gasteiger partial charge in [0.05, 0.1) is 11.8 Å². The summed E-state index contributed by atoms with van der Waals surface area (Å²) in [5, 5.41) is 4.45. The van der Waals surface area contributed by atoms with Crippen molar-refractivity contribution >= 4 is 34.8 Å². The number of amides is 2. The van der Waals surface area contributed by atoms with E-state index < -0.39 is 0 Å². The Morgan fingerprint density at radius 2 is 1.44 bits per heavy atom. The third-order valence-electron chi connectivity index (χ3n) is 8.47. The Morgan fingerprint density at radius 3 is 1.93 bits per heavy atom. The Morgan fingerprint density at radius 1 is 0.963 bits per heavy atom. The monoisotopic (exact) mass is 385 g/mol. The highest BCUT2D eigenvalue weighted by molar-refractivity contribution is 7.80. The van der Waals surface area contributed by atoms with Gasteiger partial charge in [-0.3, -0.25) is 15.0 Å². The number of fused-ring (bicyclic) bond motifs is 5. The Bertz CT molecular complexity index is 788. The molecule has 1 aromatic rings. The van der Waals surface area contributed by atoms with Gasteiger partial charge >= 0.3 is 0 Å². The third-order valence-corrected chi connectivity index (χ3v) is 8.66. The van der Waals surface area contributed by atoms with Crippen molar-refractivity contribution in [1.29, 1.82) is 0 Å². The van der Waals surface area contributed by atoms with Crippen LogP contribution in [-0.2, 0) is 9.59 Å². The summed E-state index contributed by atoms with van der Waals surface area (Å²) in [5.74, 6) is 0.286. The molecule has 27 heavy (non-hydrogen) atoms. The second-order valence-electron chi connectivity index (χ2n) is 8.93. The normalized spacial score (nSPS) is 42.4. The van der Waals surface area contributed by atoms with Gasteiger partial charge in [0.1, 0.15) is 0 Å². The van der Waals surface area contributed by atoms with Crippen LogP contribution in [0.4, 0.5) is 5.69 Å². The number of carbonyl (C=O) groups is 2. The van der Waals surface area contributed by atoms with Gasteiger partial charge in [0.25, 0.3) is 11.8 Å². The number of anilines is 1. The summed E-state index contributed by atoms with van der Waals surface area (Å²) < 4.78 is 0. The first-order valence-electron chi connectivity index (χ1n) is 9.65. The lowest BCUT2D eigenvalue weighted by Gasteiger charge is -2.42. The van der Waals surface area contributed by atoms with Crippen molar-refractivity contribution in [3.8, 4) is 0 Å². The number of thiocarbonyl (C=S) groups is 1. The van der Waals surface area contributed by atoms with Gasteiger partial charge in [-0.25, -0.2) is 0 Å². The molecule has 144 valence electrons. The number of rotatable bonds is 2. The van der Waals surface area contributed by atoms with Crippen molar-refractivity contribution in [1.82, 2.24) is 10.4 Å². The highest BCUT2D eigenvalue weighted by Crippen LogP contribution is 2.76. The average Bonchev–Trinajstić information content (AvgIpc) is 3.05. The lowest BCUT2D eigenvalue weighted by atomic mass is 9.59. The van der Waals surface area contributed by atoms with E-state index >= 15 is 0 Å². The minimum atomic E-state index is -0.275. The number of hydrazine groups is 1. The molecule has 2 aliphatic carbocycles. The molecule has 3 unspecified atom stereocenters. The smallest absolute Gasteiger partial charge is 0.252 e. The zero-order chi connectivity index (χ0) is 19.7. The average molecular weight is 386 g/mol. The van der Waals surface area contributed by atoms with Crippen LogP contribution in [0.2, 0.25) is 0 Å². The summed E-state index contributed by atoms with van der Waals surface area (Å²) in [6, 6.07) is 9.46. The molecule has 2 saturated carbocycles.